The minimum atomic E-state index is -3.51. The van der Waals surface area contributed by atoms with E-state index in [0.29, 0.717) is 12.3 Å². The third-order valence-corrected chi connectivity index (χ3v) is 5.87. The van der Waals surface area contributed by atoms with Gasteiger partial charge in [-0.25, -0.2) is 8.42 Å². The zero-order valence-corrected chi connectivity index (χ0v) is 13.8. The maximum atomic E-state index is 12.6. The van der Waals surface area contributed by atoms with Gasteiger partial charge in [-0.05, 0) is 37.9 Å². The smallest absolute Gasteiger partial charge is 0.276 e. The van der Waals surface area contributed by atoms with Crippen LogP contribution in [0.5, 0.6) is 0 Å². The molecule has 0 aliphatic heterocycles. The fraction of sp³-hybridized carbons (Fsp3) is 0.733. The van der Waals surface area contributed by atoms with Crippen LogP contribution in [0.4, 0.5) is 0 Å². The summed E-state index contributed by atoms with van der Waals surface area (Å²) in [5, 5.41) is 3.27. The molecule has 1 heterocycles. The molecule has 1 aromatic heterocycles. The van der Waals surface area contributed by atoms with Gasteiger partial charge in [0.1, 0.15) is 5.76 Å². The number of nitrogens with one attached hydrogen (secondary N) is 1. The van der Waals surface area contributed by atoms with E-state index in [4.69, 9.17) is 4.42 Å². The molecule has 0 amide bonds. The van der Waals surface area contributed by atoms with Crippen molar-refractivity contribution in [2.45, 2.75) is 63.1 Å². The zero-order valence-electron chi connectivity index (χ0n) is 13.0. The van der Waals surface area contributed by atoms with Gasteiger partial charge < -0.3 is 9.73 Å². The van der Waals surface area contributed by atoms with Crippen molar-refractivity contribution in [2.75, 3.05) is 13.6 Å². The monoisotopic (exact) mass is 314 g/mol. The van der Waals surface area contributed by atoms with E-state index in [9.17, 15) is 8.42 Å². The van der Waals surface area contributed by atoms with Crippen LogP contribution in [0.15, 0.2) is 21.6 Å². The summed E-state index contributed by atoms with van der Waals surface area (Å²) in [6.45, 7) is 3.55. The van der Waals surface area contributed by atoms with Gasteiger partial charge in [0, 0.05) is 13.1 Å². The van der Waals surface area contributed by atoms with Crippen LogP contribution in [0, 0.1) is 0 Å². The molecule has 5 nitrogen and oxygen atoms in total. The molecule has 0 unspecified atom stereocenters. The van der Waals surface area contributed by atoms with Crippen LogP contribution >= 0.6 is 0 Å². The maximum absolute atomic E-state index is 12.6. The van der Waals surface area contributed by atoms with Gasteiger partial charge in [-0.2, -0.15) is 4.31 Å². The number of sulfonamides is 1. The summed E-state index contributed by atoms with van der Waals surface area (Å²) >= 11 is 0. The highest BCUT2D eigenvalue weighted by atomic mass is 32.2. The van der Waals surface area contributed by atoms with Crippen LogP contribution in [0.25, 0.3) is 0 Å². The molecule has 0 radical (unpaired) electrons. The van der Waals surface area contributed by atoms with E-state index in [0.717, 1.165) is 38.6 Å². The summed E-state index contributed by atoms with van der Waals surface area (Å²) in [5.74, 6) is 0.666. The van der Waals surface area contributed by atoms with Gasteiger partial charge in [0.15, 0.2) is 0 Å². The van der Waals surface area contributed by atoms with Gasteiger partial charge in [-0.3, -0.25) is 0 Å². The first-order valence-electron chi connectivity index (χ1n) is 7.83. The van der Waals surface area contributed by atoms with Crippen molar-refractivity contribution in [2.24, 2.45) is 0 Å². The molecule has 0 aromatic carbocycles. The fourth-order valence-electron chi connectivity index (χ4n) is 2.76. The number of nitrogens with zero attached hydrogens (tertiary/aromatic N) is 1. The Morgan fingerprint density at radius 2 is 2.00 bits per heavy atom. The Labute approximate surface area is 127 Å². The Morgan fingerprint density at radius 3 is 2.67 bits per heavy atom. The average molecular weight is 314 g/mol. The van der Waals surface area contributed by atoms with Crippen LogP contribution in [0.1, 0.15) is 51.2 Å². The molecule has 1 aliphatic rings. The summed E-state index contributed by atoms with van der Waals surface area (Å²) in [6, 6.07) is 3.41. The lowest BCUT2D eigenvalue weighted by Gasteiger charge is -2.29. The summed E-state index contributed by atoms with van der Waals surface area (Å²) in [6.07, 6.45) is 6.35. The first-order valence-corrected chi connectivity index (χ1v) is 9.27. The van der Waals surface area contributed by atoms with E-state index in [1.165, 1.54) is 10.7 Å². The summed E-state index contributed by atoms with van der Waals surface area (Å²) in [5.41, 5.74) is 0. The third-order valence-electron chi connectivity index (χ3n) is 4.09. The van der Waals surface area contributed by atoms with Crippen molar-refractivity contribution in [3.05, 3.63) is 17.9 Å². The molecule has 1 N–H and O–H groups in total. The van der Waals surface area contributed by atoms with Crippen LogP contribution in [0.2, 0.25) is 0 Å². The molecule has 0 atom stereocenters. The second kappa shape index (κ2) is 7.42. The van der Waals surface area contributed by atoms with Gasteiger partial charge in [-0.15, -0.1) is 0 Å². The van der Waals surface area contributed by atoms with Gasteiger partial charge in [0.2, 0.25) is 5.09 Å². The van der Waals surface area contributed by atoms with Gasteiger partial charge in [-0.1, -0.05) is 26.2 Å². The molecular formula is C15H26N2O3S. The van der Waals surface area contributed by atoms with Crippen molar-refractivity contribution in [1.29, 1.82) is 0 Å². The van der Waals surface area contributed by atoms with Crippen LogP contribution in [-0.4, -0.2) is 32.4 Å². The Balaban J connectivity index is 2.04. The molecule has 1 aromatic rings. The molecule has 120 valence electrons. The van der Waals surface area contributed by atoms with E-state index in [2.05, 4.69) is 12.2 Å². The third kappa shape index (κ3) is 4.08. The number of hydrogen-bond acceptors (Lipinski definition) is 4. The highest BCUT2D eigenvalue weighted by molar-refractivity contribution is 7.89. The van der Waals surface area contributed by atoms with Crippen LogP contribution in [0.3, 0.4) is 0 Å². The molecule has 21 heavy (non-hydrogen) atoms. The van der Waals surface area contributed by atoms with Gasteiger partial charge in [0.05, 0.1) is 6.54 Å². The summed E-state index contributed by atoms with van der Waals surface area (Å²) in [7, 11) is -1.84. The molecule has 0 spiro atoms. The number of furan rings is 1. The Bertz CT molecular complexity index is 533. The summed E-state index contributed by atoms with van der Waals surface area (Å²) in [4.78, 5) is 0. The van der Waals surface area contributed by atoms with Crippen LogP contribution in [-0.2, 0) is 16.6 Å². The van der Waals surface area contributed by atoms with Crippen LogP contribution < -0.4 is 5.32 Å². The van der Waals surface area contributed by atoms with Crippen molar-refractivity contribution in [1.82, 2.24) is 9.62 Å². The standard InChI is InChI=1S/C15H26N2O3S/c1-3-11-16-12-14-9-10-15(20-14)21(18,19)17(2)13-7-5-4-6-8-13/h9-10,13,16H,3-8,11-12H2,1-2H3. The Kier molecular flexibility index (Phi) is 5.84. The normalized spacial score (nSPS) is 17.5. The van der Waals surface area contributed by atoms with E-state index in [1.54, 1.807) is 19.2 Å². The molecular weight excluding hydrogens is 288 g/mol. The Hall–Kier alpha value is -0.850. The number of hydrogen-bond donors (Lipinski definition) is 1. The molecule has 1 aliphatic carbocycles. The lowest BCUT2D eigenvalue weighted by molar-refractivity contribution is 0.277. The van der Waals surface area contributed by atoms with E-state index in [-0.39, 0.29) is 11.1 Å². The molecule has 1 saturated carbocycles. The fourth-order valence-corrected chi connectivity index (χ4v) is 4.10. The molecule has 0 saturated heterocycles. The highest BCUT2D eigenvalue weighted by Gasteiger charge is 2.31. The minimum absolute atomic E-state index is 0.0591. The molecule has 2 rings (SSSR count). The molecule has 0 bridgehead atoms. The predicted octanol–water partition coefficient (Wildman–Crippen LogP) is 2.73. The van der Waals surface area contributed by atoms with Gasteiger partial charge in [0.25, 0.3) is 10.0 Å². The average Bonchev–Trinajstić information content (AvgIpc) is 2.97. The lowest BCUT2D eigenvalue weighted by atomic mass is 9.96. The van der Waals surface area contributed by atoms with Crippen molar-refractivity contribution in [3.63, 3.8) is 0 Å². The SMILES string of the molecule is CCCNCc1ccc(S(=O)(=O)N(C)C2CCCCC2)o1. The van der Waals surface area contributed by atoms with Gasteiger partial charge >= 0.3 is 0 Å². The molecule has 1 fully saturated rings. The Morgan fingerprint density at radius 1 is 1.29 bits per heavy atom. The van der Waals surface area contributed by atoms with E-state index >= 15 is 0 Å². The first-order chi connectivity index (χ1) is 10.1. The highest BCUT2D eigenvalue weighted by Crippen LogP contribution is 2.27. The topological polar surface area (TPSA) is 62.6 Å². The second-order valence-electron chi connectivity index (χ2n) is 5.71. The second-order valence-corrected chi connectivity index (χ2v) is 7.64. The largest absolute Gasteiger partial charge is 0.447 e. The summed E-state index contributed by atoms with van der Waals surface area (Å²) < 4.78 is 32.2. The number of rotatable bonds is 7. The minimum Gasteiger partial charge on any atom is -0.447 e. The quantitative estimate of drug-likeness (QED) is 0.786. The van der Waals surface area contributed by atoms with E-state index in [1.807, 2.05) is 0 Å². The van der Waals surface area contributed by atoms with E-state index < -0.39 is 10.0 Å². The zero-order chi connectivity index (χ0) is 15.3. The maximum Gasteiger partial charge on any atom is 0.276 e. The first kappa shape index (κ1) is 16.5. The predicted molar refractivity (Wildman–Crippen MR) is 82.5 cm³/mol. The van der Waals surface area contributed by atoms with Crippen molar-refractivity contribution in [3.8, 4) is 0 Å². The van der Waals surface area contributed by atoms with Crippen molar-refractivity contribution < 1.29 is 12.8 Å². The van der Waals surface area contributed by atoms with Crippen molar-refractivity contribution >= 4 is 10.0 Å². The molecule has 6 heteroatoms. The lowest BCUT2D eigenvalue weighted by Crippen LogP contribution is -2.38.